The van der Waals surface area contributed by atoms with Crippen molar-refractivity contribution in [2.75, 3.05) is 0 Å². The summed E-state index contributed by atoms with van der Waals surface area (Å²) in [5, 5.41) is 4.54. The first kappa shape index (κ1) is 12.6. The highest BCUT2D eigenvalue weighted by Gasteiger charge is 2.09. The van der Waals surface area contributed by atoms with Crippen LogP contribution >= 0.6 is 15.9 Å². The number of halogens is 1. The quantitative estimate of drug-likeness (QED) is 0.634. The highest BCUT2D eigenvalue weighted by Crippen LogP contribution is 2.21. The minimum absolute atomic E-state index is 0.937. The van der Waals surface area contributed by atoms with Crippen molar-refractivity contribution in [2.24, 2.45) is 0 Å². The Kier molecular flexibility index (Phi) is 3.82. The van der Waals surface area contributed by atoms with E-state index in [4.69, 9.17) is 0 Å². The summed E-state index contributed by atoms with van der Waals surface area (Å²) in [5.74, 6) is 0.948. The van der Waals surface area contributed by atoms with Gasteiger partial charge in [-0.2, -0.15) is 5.10 Å². The first-order valence-electron chi connectivity index (χ1n) is 6.15. The van der Waals surface area contributed by atoms with Crippen molar-refractivity contribution in [1.82, 2.24) is 14.6 Å². The Bertz CT molecular complexity index is 531. The molecule has 2 aromatic rings. The Morgan fingerprint density at radius 2 is 2.06 bits per heavy atom. The summed E-state index contributed by atoms with van der Waals surface area (Å²) in [4.78, 5) is 4.57. The maximum Gasteiger partial charge on any atom is 0.157 e. The van der Waals surface area contributed by atoms with E-state index in [-0.39, 0.29) is 0 Å². The lowest BCUT2D eigenvalue weighted by atomic mass is 10.2. The Labute approximate surface area is 110 Å². The molecule has 0 aliphatic carbocycles. The fourth-order valence-corrected chi connectivity index (χ4v) is 2.44. The van der Waals surface area contributed by atoms with Crippen molar-refractivity contribution in [3.8, 4) is 0 Å². The largest absolute Gasteiger partial charge is 0.212 e. The van der Waals surface area contributed by atoms with Crippen LogP contribution in [-0.4, -0.2) is 14.6 Å². The molecule has 2 heterocycles. The molecule has 0 amide bonds. The smallest absolute Gasteiger partial charge is 0.157 e. The number of hydrogen-bond donors (Lipinski definition) is 0. The lowest BCUT2D eigenvalue weighted by molar-refractivity contribution is 0.691. The summed E-state index contributed by atoms with van der Waals surface area (Å²) >= 11 is 3.59. The molecule has 0 aliphatic rings. The molecule has 17 heavy (non-hydrogen) atoms. The third-order valence-electron chi connectivity index (χ3n) is 3.11. The van der Waals surface area contributed by atoms with E-state index in [0.717, 1.165) is 22.5 Å². The Hall–Kier alpha value is -0.900. The Morgan fingerprint density at radius 1 is 1.29 bits per heavy atom. The molecule has 0 unspecified atom stereocenters. The van der Waals surface area contributed by atoms with Crippen molar-refractivity contribution in [2.45, 2.75) is 46.5 Å². The summed E-state index contributed by atoms with van der Waals surface area (Å²) in [6, 6.07) is 2.09. The SMILES string of the molecule is CCCCCc1nc2cc(C)c(C)c(Br)n2n1. The van der Waals surface area contributed by atoms with Gasteiger partial charge in [0.15, 0.2) is 11.5 Å². The molecule has 0 bridgehead atoms. The van der Waals surface area contributed by atoms with Crippen LogP contribution in [0.1, 0.15) is 43.1 Å². The van der Waals surface area contributed by atoms with Gasteiger partial charge in [-0.1, -0.05) is 19.8 Å². The highest BCUT2D eigenvalue weighted by atomic mass is 79.9. The van der Waals surface area contributed by atoms with Crippen LogP contribution in [0.15, 0.2) is 10.7 Å². The molecule has 2 rings (SSSR count). The second-order valence-electron chi connectivity index (χ2n) is 4.50. The third kappa shape index (κ3) is 2.51. The van der Waals surface area contributed by atoms with Crippen molar-refractivity contribution in [3.63, 3.8) is 0 Å². The van der Waals surface area contributed by atoms with Gasteiger partial charge >= 0.3 is 0 Å². The summed E-state index contributed by atoms with van der Waals surface area (Å²) < 4.78 is 2.91. The Balaban J connectivity index is 2.34. The first-order chi connectivity index (χ1) is 8.13. The van der Waals surface area contributed by atoms with Gasteiger partial charge in [0.2, 0.25) is 0 Å². The van der Waals surface area contributed by atoms with E-state index >= 15 is 0 Å². The monoisotopic (exact) mass is 295 g/mol. The van der Waals surface area contributed by atoms with Gasteiger partial charge in [-0.3, -0.25) is 0 Å². The van der Waals surface area contributed by atoms with E-state index in [2.05, 4.69) is 52.9 Å². The normalized spacial score (nSPS) is 11.3. The zero-order valence-electron chi connectivity index (χ0n) is 10.6. The summed E-state index contributed by atoms with van der Waals surface area (Å²) in [6.45, 7) is 6.41. The highest BCUT2D eigenvalue weighted by molar-refractivity contribution is 9.10. The van der Waals surface area contributed by atoms with Gasteiger partial charge in [0.1, 0.15) is 4.60 Å². The summed E-state index contributed by atoms with van der Waals surface area (Å²) in [7, 11) is 0. The van der Waals surface area contributed by atoms with Gasteiger partial charge in [-0.15, -0.1) is 0 Å². The maximum atomic E-state index is 4.57. The fourth-order valence-electron chi connectivity index (χ4n) is 1.87. The molecule has 0 saturated heterocycles. The Morgan fingerprint density at radius 3 is 2.76 bits per heavy atom. The van der Waals surface area contributed by atoms with E-state index in [9.17, 15) is 0 Å². The fraction of sp³-hybridized carbons (Fsp3) is 0.538. The standard InChI is InChI=1S/C13H18BrN3/c1-4-5-6-7-11-15-12-8-9(2)10(3)13(14)17(12)16-11/h8H,4-7H2,1-3H3. The average molecular weight is 296 g/mol. The van der Waals surface area contributed by atoms with Gasteiger partial charge in [-0.25, -0.2) is 9.50 Å². The molecular weight excluding hydrogens is 278 g/mol. The second kappa shape index (κ2) is 5.17. The number of aryl methyl sites for hydroxylation is 2. The third-order valence-corrected chi connectivity index (χ3v) is 4.04. The van der Waals surface area contributed by atoms with Gasteiger partial charge in [0, 0.05) is 6.42 Å². The van der Waals surface area contributed by atoms with Crippen LogP contribution in [-0.2, 0) is 6.42 Å². The topological polar surface area (TPSA) is 30.2 Å². The van der Waals surface area contributed by atoms with Crippen LogP contribution in [0.3, 0.4) is 0 Å². The molecule has 0 atom stereocenters. The molecule has 0 saturated carbocycles. The lowest BCUT2D eigenvalue weighted by Crippen LogP contribution is -1.96. The number of rotatable bonds is 4. The molecule has 0 fully saturated rings. The number of unbranched alkanes of at least 4 members (excludes halogenated alkanes) is 2. The second-order valence-corrected chi connectivity index (χ2v) is 5.25. The number of nitrogens with zero attached hydrogens (tertiary/aromatic N) is 3. The van der Waals surface area contributed by atoms with Gasteiger partial charge in [0.05, 0.1) is 0 Å². The van der Waals surface area contributed by atoms with E-state index in [1.54, 1.807) is 0 Å². The summed E-state index contributed by atoms with van der Waals surface area (Å²) in [5.41, 5.74) is 3.41. The molecule has 3 nitrogen and oxygen atoms in total. The molecule has 92 valence electrons. The average Bonchev–Trinajstić information content (AvgIpc) is 2.70. The predicted molar refractivity (Wildman–Crippen MR) is 73.4 cm³/mol. The summed E-state index contributed by atoms with van der Waals surface area (Å²) in [6.07, 6.45) is 4.62. The minimum atomic E-state index is 0.937. The molecule has 0 radical (unpaired) electrons. The molecular formula is C13H18BrN3. The minimum Gasteiger partial charge on any atom is -0.212 e. The molecule has 0 aromatic carbocycles. The van der Waals surface area contributed by atoms with E-state index in [1.807, 2.05) is 4.52 Å². The first-order valence-corrected chi connectivity index (χ1v) is 6.94. The van der Waals surface area contributed by atoms with Crippen LogP contribution < -0.4 is 0 Å². The molecule has 4 heteroatoms. The number of hydrogen-bond acceptors (Lipinski definition) is 2. The lowest BCUT2D eigenvalue weighted by Gasteiger charge is -2.03. The predicted octanol–water partition coefficient (Wildman–Crippen LogP) is 3.84. The molecule has 0 N–H and O–H groups in total. The van der Waals surface area contributed by atoms with Crippen molar-refractivity contribution < 1.29 is 0 Å². The van der Waals surface area contributed by atoms with Crippen molar-refractivity contribution in [3.05, 3.63) is 27.6 Å². The van der Waals surface area contributed by atoms with Gasteiger partial charge < -0.3 is 0 Å². The van der Waals surface area contributed by atoms with Crippen LogP contribution in [0.2, 0.25) is 0 Å². The van der Waals surface area contributed by atoms with E-state index in [0.29, 0.717) is 0 Å². The van der Waals surface area contributed by atoms with Crippen molar-refractivity contribution in [1.29, 1.82) is 0 Å². The molecule has 2 aromatic heterocycles. The zero-order valence-corrected chi connectivity index (χ0v) is 12.2. The number of pyridine rings is 1. The van der Waals surface area contributed by atoms with Crippen LogP contribution in [0.5, 0.6) is 0 Å². The van der Waals surface area contributed by atoms with Gasteiger partial charge in [0.25, 0.3) is 0 Å². The van der Waals surface area contributed by atoms with E-state index in [1.165, 1.54) is 30.4 Å². The molecule has 0 aliphatic heterocycles. The van der Waals surface area contributed by atoms with Gasteiger partial charge in [-0.05, 0) is 53.4 Å². The van der Waals surface area contributed by atoms with Crippen LogP contribution in [0.25, 0.3) is 5.65 Å². The maximum absolute atomic E-state index is 4.57. The van der Waals surface area contributed by atoms with Crippen molar-refractivity contribution >= 4 is 21.6 Å². The van der Waals surface area contributed by atoms with Crippen LogP contribution in [0.4, 0.5) is 0 Å². The zero-order chi connectivity index (χ0) is 12.4. The number of aromatic nitrogens is 3. The van der Waals surface area contributed by atoms with E-state index < -0.39 is 0 Å². The van der Waals surface area contributed by atoms with Crippen LogP contribution in [0, 0.1) is 13.8 Å². The molecule has 0 spiro atoms. The number of fused-ring (bicyclic) bond motifs is 1.